The lowest BCUT2D eigenvalue weighted by atomic mass is 10.1. The third kappa shape index (κ3) is 0.962. The van der Waals surface area contributed by atoms with Gasteiger partial charge in [-0.05, 0) is 0 Å². The summed E-state index contributed by atoms with van der Waals surface area (Å²) in [5.74, 6) is -0.0319. The molecule has 8 heavy (non-hydrogen) atoms. The largest absolute Gasteiger partial charge is 0.492 e. The van der Waals surface area contributed by atoms with Crippen LogP contribution in [0.5, 0.6) is 5.88 Å². The molecule has 1 aromatic rings. The van der Waals surface area contributed by atoms with E-state index in [2.05, 4.69) is 9.97 Å². The molecular formula is C4H5BN2O. The summed E-state index contributed by atoms with van der Waals surface area (Å²) in [5.41, 5.74) is 0.808. The molecular weight excluding hydrogens is 103 g/mol. The van der Waals surface area contributed by atoms with Crippen LogP contribution in [-0.2, 0) is 0 Å². The fraction of sp³-hybridized carbons (Fsp3) is 0. The summed E-state index contributed by atoms with van der Waals surface area (Å²) in [7, 11) is 1.81. The van der Waals surface area contributed by atoms with Crippen molar-refractivity contribution < 1.29 is 5.11 Å². The zero-order valence-corrected chi connectivity index (χ0v) is 4.50. The number of nitrogens with zero attached hydrogens (tertiary/aromatic N) is 2. The maximum absolute atomic E-state index is 8.58. The molecule has 0 saturated heterocycles. The van der Waals surface area contributed by atoms with Crippen molar-refractivity contribution in [1.82, 2.24) is 9.97 Å². The van der Waals surface area contributed by atoms with Gasteiger partial charge in [-0.2, -0.15) is 0 Å². The second-order valence-corrected chi connectivity index (χ2v) is 1.52. The Kier molecular flexibility index (Phi) is 1.16. The standard InChI is InChI=1S/C4H5BN2O/c5-3-1-7-4(8)2-6-3/h1-2H,5H2,(H,7,8). The lowest BCUT2D eigenvalue weighted by molar-refractivity contribution is 0.451. The molecule has 0 radical (unpaired) electrons. The maximum Gasteiger partial charge on any atom is 0.229 e. The van der Waals surface area contributed by atoms with E-state index in [9.17, 15) is 0 Å². The first kappa shape index (κ1) is 5.09. The van der Waals surface area contributed by atoms with Crippen LogP contribution in [0.4, 0.5) is 0 Å². The molecule has 0 fully saturated rings. The van der Waals surface area contributed by atoms with Gasteiger partial charge in [0.05, 0.1) is 6.20 Å². The van der Waals surface area contributed by atoms with Crippen molar-refractivity contribution in [3.63, 3.8) is 0 Å². The van der Waals surface area contributed by atoms with E-state index < -0.39 is 0 Å². The van der Waals surface area contributed by atoms with Crippen LogP contribution in [0.1, 0.15) is 0 Å². The van der Waals surface area contributed by atoms with Crippen molar-refractivity contribution in [2.24, 2.45) is 0 Å². The van der Waals surface area contributed by atoms with Gasteiger partial charge in [-0.25, -0.2) is 4.98 Å². The fourth-order valence-corrected chi connectivity index (χ4v) is 0.386. The lowest BCUT2D eigenvalue weighted by Gasteiger charge is -1.87. The summed E-state index contributed by atoms with van der Waals surface area (Å²) in [6, 6.07) is 0. The number of aromatic hydroxyl groups is 1. The predicted molar refractivity (Wildman–Crippen MR) is 31.9 cm³/mol. The van der Waals surface area contributed by atoms with E-state index >= 15 is 0 Å². The summed E-state index contributed by atoms with van der Waals surface area (Å²) in [6.07, 6.45) is 2.82. The topological polar surface area (TPSA) is 46.0 Å². The minimum Gasteiger partial charge on any atom is -0.492 e. The summed E-state index contributed by atoms with van der Waals surface area (Å²) in [6.45, 7) is 0. The number of hydrogen-bond acceptors (Lipinski definition) is 3. The van der Waals surface area contributed by atoms with Gasteiger partial charge < -0.3 is 5.11 Å². The fourth-order valence-electron chi connectivity index (χ4n) is 0.386. The van der Waals surface area contributed by atoms with Gasteiger partial charge in [0.15, 0.2) is 7.85 Å². The SMILES string of the molecule is Bc1cnc(O)cn1. The lowest BCUT2D eigenvalue weighted by Crippen LogP contribution is -2.06. The molecule has 0 amide bonds. The molecule has 1 rings (SSSR count). The van der Waals surface area contributed by atoms with Gasteiger partial charge in [0.1, 0.15) is 0 Å². The van der Waals surface area contributed by atoms with Crippen molar-refractivity contribution in [3.05, 3.63) is 12.4 Å². The van der Waals surface area contributed by atoms with Crippen LogP contribution in [0.25, 0.3) is 0 Å². The zero-order valence-electron chi connectivity index (χ0n) is 4.50. The highest BCUT2D eigenvalue weighted by Gasteiger charge is 1.85. The minimum atomic E-state index is -0.0319. The molecule has 4 heteroatoms. The molecule has 1 N–H and O–H groups in total. The first-order valence-electron chi connectivity index (χ1n) is 2.26. The Morgan fingerprint density at radius 3 is 2.50 bits per heavy atom. The molecule has 0 aliphatic heterocycles. The van der Waals surface area contributed by atoms with Crippen LogP contribution in [0.3, 0.4) is 0 Å². The monoisotopic (exact) mass is 108 g/mol. The molecule has 40 valence electrons. The average molecular weight is 108 g/mol. The number of aromatic nitrogens is 2. The number of rotatable bonds is 0. The molecule has 0 aliphatic carbocycles. The Morgan fingerprint density at radius 2 is 2.12 bits per heavy atom. The maximum atomic E-state index is 8.58. The smallest absolute Gasteiger partial charge is 0.229 e. The van der Waals surface area contributed by atoms with Gasteiger partial charge in [-0.15, -0.1) is 0 Å². The summed E-state index contributed by atoms with van der Waals surface area (Å²) in [4.78, 5) is 7.34. The molecule has 0 saturated carbocycles. The second-order valence-electron chi connectivity index (χ2n) is 1.52. The Labute approximate surface area is 47.8 Å². The summed E-state index contributed by atoms with van der Waals surface area (Å²) in [5, 5.41) is 8.58. The molecule has 3 nitrogen and oxygen atoms in total. The van der Waals surface area contributed by atoms with E-state index in [-0.39, 0.29) is 5.88 Å². The van der Waals surface area contributed by atoms with Crippen LogP contribution < -0.4 is 5.59 Å². The molecule has 1 heterocycles. The van der Waals surface area contributed by atoms with Crippen LogP contribution in [0, 0.1) is 0 Å². The summed E-state index contributed by atoms with van der Waals surface area (Å²) >= 11 is 0. The van der Waals surface area contributed by atoms with Gasteiger partial charge in [-0.1, -0.05) is 0 Å². The van der Waals surface area contributed by atoms with E-state index in [0.29, 0.717) is 0 Å². The second kappa shape index (κ2) is 1.82. The Hall–Kier alpha value is -1.06. The third-order valence-corrected chi connectivity index (χ3v) is 0.767. The van der Waals surface area contributed by atoms with Crippen molar-refractivity contribution in [2.45, 2.75) is 0 Å². The first-order chi connectivity index (χ1) is 3.79. The van der Waals surface area contributed by atoms with Crippen molar-refractivity contribution in [1.29, 1.82) is 0 Å². The molecule has 1 aromatic heterocycles. The van der Waals surface area contributed by atoms with Crippen LogP contribution in [-0.4, -0.2) is 22.9 Å². The first-order valence-corrected chi connectivity index (χ1v) is 2.26. The van der Waals surface area contributed by atoms with Crippen LogP contribution in [0.2, 0.25) is 0 Å². The van der Waals surface area contributed by atoms with E-state index in [1.165, 1.54) is 12.4 Å². The molecule has 0 spiro atoms. The van der Waals surface area contributed by atoms with E-state index in [0.717, 1.165) is 5.59 Å². The number of hydrogen-bond donors (Lipinski definition) is 1. The highest BCUT2D eigenvalue weighted by atomic mass is 16.3. The zero-order chi connectivity index (χ0) is 5.98. The molecule has 0 atom stereocenters. The molecule has 0 bridgehead atoms. The van der Waals surface area contributed by atoms with Crippen molar-refractivity contribution in [2.75, 3.05) is 0 Å². The molecule has 0 aliphatic rings. The molecule has 0 unspecified atom stereocenters. The van der Waals surface area contributed by atoms with Crippen LogP contribution >= 0.6 is 0 Å². The van der Waals surface area contributed by atoms with E-state index in [1.807, 2.05) is 7.85 Å². The van der Waals surface area contributed by atoms with Gasteiger partial charge in [0.2, 0.25) is 5.88 Å². The predicted octanol–water partition coefficient (Wildman–Crippen LogP) is -1.56. The Balaban J connectivity index is 3.03. The Morgan fingerprint density at radius 1 is 1.38 bits per heavy atom. The van der Waals surface area contributed by atoms with E-state index in [4.69, 9.17) is 5.11 Å². The third-order valence-electron chi connectivity index (χ3n) is 0.767. The van der Waals surface area contributed by atoms with Gasteiger partial charge in [0, 0.05) is 11.8 Å². The highest BCUT2D eigenvalue weighted by molar-refractivity contribution is 6.30. The van der Waals surface area contributed by atoms with Crippen molar-refractivity contribution >= 4 is 13.4 Å². The summed E-state index contributed by atoms with van der Waals surface area (Å²) < 4.78 is 0. The normalized spacial score (nSPS) is 9.00. The Bertz CT molecular complexity index is 153. The minimum absolute atomic E-state index is 0.0319. The van der Waals surface area contributed by atoms with Gasteiger partial charge >= 0.3 is 0 Å². The van der Waals surface area contributed by atoms with Gasteiger partial charge in [0.25, 0.3) is 0 Å². The van der Waals surface area contributed by atoms with Gasteiger partial charge in [-0.3, -0.25) is 4.98 Å². The van der Waals surface area contributed by atoms with Crippen molar-refractivity contribution in [3.8, 4) is 5.88 Å². The van der Waals surface area contributed by atoms with Crippen LogP contribution in [0.15, 0.2) is 12.4 Å². The average Bonchev–Trinajstić information content (AvgIpc) is 1.77. The quantitative estimate of drug-likeness (QED) is 0.409. The molecule has 0 aromatic carbocycles. The van der Waals surface area contributed by atoms with E-state index in [1.54, 1.807) is 0 Å². The highest BCUT2D eigenvalue weighted by Crippen LogP contribution is 1.91.